The highest BCUT2D eigenvalue weighted by atomic mass is 16.7. The van der Waals surface area contributed by atoms with E-state index in [4.69, 9.17) is 9.57 Å². The highest BCUT2D eigenvalue weighted by molar-refractivity contribution is 5.81. The Morgan fingerprint density at radius 3 is 2.89 bits per heavy atom. The maximum absolute atomic E-state index is 5.94. The van der Waals surface area contributed by atoms with Crippen molar-refractivity contribution in [1.29, 1.82) is 0 Å². The average Bonchev–Trinajstić information content (AvgIpc) is 3.36. The number of aromatic nitrogens is 3. The molecule has 5 rings (SSSR count). The van der Waals surface area contributed by atoms with E-state index in [-0.39, 0.29) is 5.60 Å². The summed E-state index contributed by atoms with van der Waals surface area (Å²) in [5, 5.41) is 8.40. The molecular weight excluding hydrogens is 340 g/mol. The van der Waals surface area contributed by atoms with E-state index in [1.807, 2.05) is 25.4 Å². The normalized spacial score (nSPS) is 20.4. The molecule has 0 saturated heterocycles. The highest BCUT2D eigenvalue weighted by Crippen LogP contribution is 2.46. The van der Waals surface area contributed by atoms with Crippen LogP contribution in [0.4, 0.5) is 0 Å². The molecule has 0 bridgehead atoms. The van der Waals surface area contributed by atoms with Gasteiger partial charge in [-0.2, -0.15) is 5.10 Å². The summed E-state index contributed by atoms with van der Waals surface area (Å²) in [5.41, 5.74) is 5.33. The molecule has 2 aromatic heterocycles. The Labute approximate surface area is 157 Å². The van der Waals surface area contributed by atoms with Crippen LogP contribution in [0.1, 0.15) is 29.5 Å². The highest BCUT2D eigenvalue weighted by Gasteiger charge is 2.46. The van der Waals surface area contributed by atoms with Gasteiger partial charge in [0.2, 0.25) is 5.90 Å². The van der Waals surface area contributed by atoms with E-state index in [1.165, 1.54) is 16.7 Å². The largest absolute Gasteiger partial charge is 0.438 e. The minimum atomic E-state index is -0.374. The van der Waals surface area contributed by atoms with E-state index in [0.717, 1.165) is 24.1 Å². The minimum Gasteiger partial charge on any atom is -0.438 e. The van der Waals surface area contributed by atoms with Crippen LogP contribution in [0.3, 0.4) is 0 Å². The summed E-state index contributed by atoms with van der Waals surface area (Å²) in [5.74, 6) is 1.25. The maximum atomic E-state index is 5.94. The fourth-order valence-electron chi connectivity index (χ4n) is 3.93. The standard InChI is InChI=1S/C21H20N4O2/c1-14-3-5-18-15(9-14)7-8-21(18)10-20(24-27-21)26-17-4-6-19(22-12-17)16-11-23-25(2)13-16/h3-6,9,11-13H,7-8,10H2,1-2H3/t21-/m0/s1. The van der Waals surface area contributed by atoms with Crippen LogP contribution in [0.5, 0.6) is 5.75 Å². The molecule has 0 saturated carbocycles. The number of ether oxygens (including phenoxy) is 1. The first kappa shape index (κ1) is 16.1. The van der Waals surface area contributed by atoms with Gasteiger partial charge in [-0.05, 0) is 37.5 Å². The van der Waals surface area contributed by atoms with Crippen molar-refractivity contribution in [3.8, 4) is 17.0 Å². The molecule has 27 heavy (non-hydrogen) atoms. The van der Waals surface area contributed by atoms with Crippen LogP contribution in [-0.4, -0.2) is 20.7 Å². The first-order valence-electron chi connectivity index (χ1n) is 9.09. The van der Waals surface area contributed by atoms with Crippen molar-refractivity contribution in [2.24, 2.45) is 12.2 Å². The summed E-state index contributed by atoms with van der Waals surface area (Å²) < 4.78 is 7.69. The molecule has 0 unspecified atom stereocenters. The maximum Gasteiger partial charge on any atom is 0.235 e. The van der Waals surface area contributed by atoms with Gasteiger partial charge < -0.3 is 9.57 Å². The topological polar surface area (TPSA) is 61.5 Å². The van der Waals surface area contributed by atoms with Gasteiger partial charge in [-0.3, -0.25) is 9.67 Å². The van der Waals surface area contributed by atoms with Crippen molar-refractivity contribution in [2.45, 2.75) is 31.8 Å². The van der Waals surface area contributed by atoms with Crippen LogP contribution in [0, 0.1) is 6.92 Å². The Kier molecular flexibility index (Phi) is 3.53. The molecule has 0 fully saturated rings. The van der Waals surface area contributed by atoms with Gasteiger partial charge in [0.15, 0.2) is 5.60 Å². The van der Waals surface area contributed by atoms with Crippen LogP contribution in [0.25, 0.3) is 11.3 Å². The number of nitrogens with zero attached hydrogens (tertiary/aromatic N) is 4. The zero-order valence-electron chi connectivity index (χ0n) is 15.3. The van der Waals surface area contributed by atoms with Crippen LogP contribution in [0.2, 0.25) is 0 Å². The van der Waals surface area contributed by atoms with Gasteiger partial charge in [0, 0.05) is 24.4 Å². The smallest absolute Gasteiger partial charge is 0.235 e. The van der Waals surface area contributed by atoms with Gasteiger partial charge in [-0.1, -0.05) is 28.9 Å². The summed E-state index contributed by atoms with van der Waals surface area (Å²) in [7, 11) is 1.89. The molecule has 1 aliphatic carbocycles. The Morgan fingerprint density at radius 1 is 1.19 bits per heavy atom. The quantitative estimate of drug-likeness (QED) is 0.698. The van der Waals surface area contributed by atoms with Crippen LogP contribution >= 0.6 is 0 Å². The second-order valence-corrected chi connectivity index (χ2v) is 7.29. The Morgan fingerprint density at radius 2 is 2.11 bits per heavy atom. The summed E-state index contributed by atoms with van der Waals surface area (Å²) in [6, 6.07) is 10.4. The molecule has 6 nitrogen and oxygen atoms in total. The molecule has 1 atom stereocenters. The molecule has 0 radical (unpaired) electrons. The SMILES string of the molecule is Cc1ccc2c(c1)CC[C@]21CC(Oc2ccc(-c3cnn(C)c3)nc2)=NO1. The van der Waals surface area contributed by atoms with Crippen LogP contribution in [-0.2, 0) is 23.9 Å². The third kappa shape index (κ3) is 2.77. The number of rotatable bonds is 2. The molecule has 136 valence electrons. The number of pyridine rings is 1. The molecular formula is C21H20N4O2. The van der Waals surface area contributed by atoms with Gasteiger partial charge in [-0.15, -0.1) is 0 Å². The average molecular weight is 360 g/mol. The molecule has 1 spiro atoms. The second kappa shape index (κ2) is 5.94. The van der Waals surface area contributed by atoms with E-state index in [0.29, 0.717) is 18.1 Å². The molecule has 2 aliphatic rings. The summed E-state index contributed by atoms with van der Waals surface area (Å²) in [6.45, 7) is 2.12. The van der Waals surface area contributed by atoms with Crippen molar-refractivity contribution in [2.75, 3.05) is 0 Å². The fourth-order valence-corrected chi connectivity index (χ4v) is 3.93. The number of benzene rings is 1. The van der Waals surface area contributed by atoms with Crippen molar-refractivity contribution >= 4 is 5.90 Å². The van der Waals surface area contributed by atoms with Crippen molar-refractivity contribution in [3.63, 3.8) is 0 Å². The lowest BCUT2D eigenvalue weighted by molar-refractivity contribution is -0.0215. The van der Waals surface area contributed by atoms with E-state index in [1.54, 1.807) is 17.1 Å². The molecule has 1 aliphatic heterocycles. The lowest BCUT2D eigenvalue weighted by Crippen LogP contribution is -2.24. The Hall–Kier alpha value is -3.15. The molecule has 3 aromatic rings. The van der Waals surface area contributed by atoms with E-state index >= 15 is 0 Å². The monoisotopic (exact) mass is 360 g/mol. The molecule has 1 aromatic carbocycles. The second-order valence-electron chi connectivity index (χ2n) is 7.29. The number of oxime groups is 1. The number of hydrogen-bond acceptors (Lipinski definition) is 5. The third-order valence-corrected chi connectivity index (χ3v) is 5.28. The van der Waals surface area contributed by atoms with Crippen LogP contribution in [0.15, 0.2) is 54.1 Å². The van der Waals surface area contributed by atoms with E-state index in [9.17, 15) is 0 Å². The Bertz CT molecular complexity index is 1040. The predicted molar refractivity (Wildman–Crippen MR) is 101 cm³/mol. The number of hydrogen-bond donors (Lipinski definition) is 0. The summed E-state index contributed by atoms with van der Waals surface area (Å²) >= 11 is 0. The zero-order valence-corrected chi connectivity index (χ0v) is 15.3. The van der Waals surface area contributed by atoms with E-state index < -0.39 is 0 Å². The van der Waals surface area contributed by atoms with Gasteiger partial charge in [-0.25, -0.2) is 0 Å². The molecule has 0 amide bonds. The van der Waals surface area contributed by atoms with Crippen molar-refractivity contribution in [3.05, 3.63) is 65.6 Å². The van der Waals surface area contributed by atoms with Crippen LogP contribution < -0.4 is 4.74 Å². The number of fused-ring (bicyclic) bond motifs is 2. The first-order valence-corrected chi connectivity index (χ1v) is 9.09. The first-order chi connectivity index (χ1) is 13.1. The lowest BCUT2D eigenvalue weighted by Gasteiger charge is -2.21. The minimum absolute atomic E-state index is 0.374. The van der Waals surface area contributed by atoms with Gasteiger partial charge >= 0.3 is 0 Å². The zero-order chi connectivity index (χ0) is 18.4. The van der Waals surface area contributed by atoms with Gasteiger partial charge in [0.05, 0.1) is 24.5 Å². The third-order valence-electron chi connectivity index (χ3n) is 5.28. The molecule has 6 heteroatoms. The van der Waals surface area contributed by atoms with Gasteiger partial charge in [0.1, 0.15) is 5.75 Å². The van der Waals surface area contributed by atoms with Crippen molar-refractivity contribution < 1.29 is 9.57 Å². The predicted octanol–water partition coefficient (Wildman–Crippen LogP) is 3.74. The van der Waals surface area contributed by atoms with Gasteiger partial charge in [0.25, 0.3) is 0 Å². The van der Waals surface area contributed by atoms with E-state index in [2.05, 4.69) is 40.4 Å². The van der Waals surface area contributed by atoms with Crippen molar-refractivity contribution in [1.82, 2.24) is 14.8 Å². The Balaban J connectivity index is 1.31. The summed E-state index contributed by atoms with van der Waals surface area (Å²) in [4.78, 5) is 10.3. The molecule has 3 heterocycles. The fraction of sp³-hybridized carbons (Fsp3) is 0.286. The number of aryl methyl sites for hydroxylation is 3. The summed E-state index contributed by atoms with van der Waals surface area (Å²) in [6.07, 6.45) is 8.03. The lowest BCUT2D eigenvalue weighted by atomic mass is 9.92. The molecule has 0 N–H and O–H groups in total.